The van der Waals surface area contributed by atoms with Crippen LogP contribution in [0.4, 0.5) is 5.69 Å². The predicted molar refractivity (Wildman–Crippen MR) is 59.8 cm³/mol. The fourth-order valence-corrected chi connectivity index (χ4v) is 2.28. The average Bonchev–Trinajstić information content (AvgIpc) is 2.72. The van der Waals surface area contributed by atoms with Crippen LogP contribution in [0, 0.1) is 5.41 Å². The van der Waals surface area contributed by atoms with E-state index in [-0.39, 0.29) is 0 Å². The molecule has 0 bridgehead atoms. The smallest absolute Gasteiger partial charge is 0.116 e. The molecular formula is C10H14ClNS. The Labute approximate surface area is 88.1 Å². The summed E-state index contributed by atoms with van der Waals surface area (Å²) in [5.41, 5.74) is 1.60. The molecule has 0 aliphatic heterocycles. The van der Waals surface area contributed by atoms with Gasteiger partial charge in [-0.25, -0.2) is 0 Å². The Balaban J connectivity index is 2.02. The van der Waals surface area contributed by atoms with Crippen molar-refractivity contribution < 1.29 is 0 Å². The number of thiophene rings is 1. The number of halogens is 1. The summed E-state index contributed by atoms with van der Waals surface area (Å²) in [6.07, 6.45) is 2.67. The predicted octanol–water partition coefficient (Wildman–Crippen LogP) is 4.00. The van der Waals surface area contributed by atoms with Crippen LogP contribution in [-0.4, -0.2) is 6.04 Å². The maximum absolute atomic E-state index is 6.01. The number of hydrogen-bond donors (Lipinski definition) is 1. The quantitative estimate of drug-likeness (QED) is 0.804. The second-order valence-corrected chi connectivity index (χ2v) is 5.65. The topological polar surface area (TPSA) is 12.0 Å². The molecule has 13 heavy (non-hydrogen) atoms. The molecule has 2 rings (SSSR count). The van der Waals surface area contributed by atoms with Gasteiger partial charge < -0.3 is 5.32 Å². The van der Waals surface area contributed by atoms with Gasteiger partial charge >= 0.3 is 0 Å². The molecule has 1 aromatic rings. The zero-order chi connectivity index (χ0) is 9.47. The van der Waals surface area contributed by atoms with E-state index >= 15 is 0 Å². The fraction of sp³-hybridized carbons (Fsp3) is 0.600. The van der Waals surface area contributed by atoms with Crippen LogP contribution in [0.2, 0.25) is 4.34 Å². The Morgan fingerprint density at radius 2 is 2.31 bits per heavy atom. The maximum atomic E-state index is 6.01. The van der Waals surface area contributed by atoms with E-state index in [4.69, 9.17) is 11.6 Å². The molecule has 1 fully saturated rings. The molecular weight excluding hydrogens is 202 g/mol. The molecule has 1 aromatic heterocycles. The third kappa shape index (κ3) is 1.84. The molecule has 0 radical (unpaired) electrons. The van der Waals surface area contributed by atoms with Gasteiger partial charge in [-0.2, -0.15) is 0 Å². The average molecular weight is 216 g/mol. The minimum Gasteiger partial charge on any atom is -0.380 e. The summed E-state index contributed by atoms with van der Waals surface area (Å²) in [5, 5.41) is 5.49. The van der Waals surface area contributed by atoms with Crippen molar-refractivity contribution in [1.82, 2.24) is 0 Å². The lowest BCUT2D eigenvalue weighted by Crippen LogP contribution is -2.24. The molecule has 0 spiro atoms. The zero-order valence-electron chi connectivity index (χ0n) is 7.93. The first-order chi connectivity index (χ1) is 6.12. The second-order valence-electron chi connectivity index (χ2n) is 4.13. The van der Waals surface area contributed by atoms with Gasteiger partial charge in [0.2, 0.25) is 0 Å². The Bertz CT molecular complexity index is 304. The summed E-state index contributed by atoms with van der Waals surface area (Å²) in [6.45, 7) is 4.56. The first-order valence-corrected chi connectivity index (χ1v) is 5.87. The summed E-state index contributed by atoms with van der Waals surface area (Å²) < 4.78 is 0.871. The second kappa shape index (κ2) is 3.18. The Morgan fingerprint density at radius 1 is 1.62 bits per heavy atom. The van der Waals surface area contributed by atoms with Crippen molar-refractivity contribution in [3.8, 4) is 0 Å². The van der Waals surface area contributed by atoms with E-state index in [1.165, 1.54) is 12.8 Å². The van der Waals surface area contributed by atoms with Crippen LogP contribution in [0.15, 0.2) is 11.4 Å². The molecule has 1 atom stereocenters. The van der Waals surface area contributed by atoms with Crippen LogP contribution in [-0.2, 0) is 0 Å². The molecule has 0 saturated heterocycles. The first-order valence-electron chi connectivity index (χ1n) is 4.61. The van der Waals surface area contributed by atoms with Gasteiger partial charge in [0.15, 0.2) is 0 Å². The highest BCUT2D eigenvalue weighted by Gasteiger charge is 2.42. The molecule has 0 aromatic carbocycles. The van der Waals surface area contributed by atoms with Gasteiger partial charge in [0.05, 0.1) is 5.69 Å². The van der Waals surface area contributed by atoms with Gasteiger partial charge in [-0.05, 0) is 36.6 Å². The van der Waals surface area contributed by atoms with Gasteiger partial charge in [0, 0.05) is 6.04 Å². The van der Waals surface area contributed by atoms with Crippen LogP contribution in [0.25, 0.3) is 0 Å². The van der Waals surface area contributed by atoms with Gasteiger partial charge in [0.25, 0.3) is 0 Å². The normalized spacial score (nSPS) is 21.2. The molecule has 1 aliphatic rings. The van der Waals surface area contributed by atoms with Gasteiger partial charge in [-0.3, -0.25) is 0 Å². The zero-order valence-corrected chi connectivity index (χ0v) is 9.50. The van der Waals surface area contributed by atoms with E-state index in [0.29, 0.717) is 11.5 Å². The number of hydrogen-bond acceptors (Lipinski definition) is 2. The molecule has 0 amide bonds. The molecule has 1 N–H and O–H groups in total. The molecule has 72 valence electrons. The maximum Gasteiger partial charge on any atom is 0.116 e. The van der Waals surface area contributed by atoms with E-state index in [9.17, 15) is 0 Å². The van der Waals surface area contributed by atoms with Gasteiger partial charge in [0.1, 0.15) is 4.34 Å². The lowest BCUT2D eigenvalue weighted by Gasteiger charge is -2.20. The van der Waals surface area contributed by atoms with E-state index in [1.807, 2.05) is 5.38 Å². The molecule has 1 heterocycles. The fourth-order valence-electron chi connectivity index (χ4n) is 1.43. The standard InChI is InChI=1S/C10H14ClNS/c1-7(10(2)4-5-10)12-8-3-6-13-9(8)11/h3,6-7,12H,4-5H2,1-2H3. The van der Waals surface area contributed by atoms with E-state index < -0.39 is 0 Å². The summed E-state index contributed by atoms with van der Waals surface area (Å²) in [5.74, 6) is 0. The van der Waals surface area contributed by atoms with Crippen molar-refractivity contribution >= 4 is 28.6 Å². The largest absolute Gasteiger partial charge is 0.380 e. The number of nitrogens with one attached hydrogen (secondary N) is 1. The van der Waals surface area contributed by atoms with Crippen LogP contribution in [0.5, 0.6) is 0 Å². The summed E-state index contributed by atoms with van der Waals surface area (Å²) in [4.78, 5) is 0. The highest BCUT2D eigenvalue weighted by atomic mass is 35.5. The highest BCUT2D eigenvalue weighted by Crippen LogP contribution is 2.49. The Morgan fingerprint density at radius 3 is 2.77 bits per heavy atom. The number of anilines is 1. The highest BCUT2D eigenvalue weighted by molar-refractivity contribution is 7.15. The van der Waals surface area contributed by atoms with Crippen molar-refractivity contribution in [2.24, 2.45) is 5.41 Å². The third-order valence-electron chi connectivity index (χ3n) is 3.07. The molecule has 1 unspecified atom stereocenters. The molecule has 1 saturated carbocycles. The molecule has 1 nitrogen and oxygen atoms in total. The van der Waals surface area contributed by atoms with Crippen LogP contribution in [0.3, 0.4) is 0 Å². The molecule has 1 aliphatic carbocycles. The van der Waals surface area contributed by atoms with Crippen molar-refractivity contribution in [3.05, 3.63) is 15.8 Å². The lowest BCUT2D eigenvalue weighted by molar-refractivity contribution is 0.493. The van der Waals surface area contributed by atoms with Crippen LogP contribution >= 0.6 is 22.9 Å². The van der Waals surface area contributed by atoms with Crippen molar-refractivity contribution in [2.45, 2.75) is 32.7 Å². The summed E-state index contributed by atoms with van der Waals surface area (Å²) >= 11 is 7.59. The summed E-state index contributed by atoms with van der Waals surface area (Å²) in [6, 6.07) is 2.58. The van der Waals surface area contributed by atoms with Gasteiger partial charge in [-0.1, -0.05) is 18.5 Å². The van der Waals surface area contributed by atoms with Crippen molar-refractivity contribution in [1.29, 1.82) is 0 Å². The Hall–Kier alpha value is -0.210. The van der Waals surface area contributed by atoms with E-state index in [2.05, 4.69) is 25.2 Å². The van der Waals surface area contributed by atoms with Crippen molar-refractivity contribution in [3.63, 3.8) is 0 Å². The minimum absolute atomic E-state index is 0.505. The van der Waals surface area contributed by atoms with Gasteiger partial charge in [-0.15, -0.1) is 11.3 Å². The third-order valence-corrected chi connectivity index (χ3v) is 4.24. The van der Waals surface area contributed by atoms with Crippen LogP contribution < -0.4 is 5.32 Å². The number of rotatable bonds is 3. The van der Waals surface area contributed by atoms with E-state index in [1.54, 1.807) is 11.3 Å². The molecule has 3 heteroatoms. The van der Waals surface area contributed by atoms with Crippen molar-refractivity contribution in [2.75, 3.05) is 5.32 Å². The Kier molecular flexibility index (Phi) is 2.28. The minimum atomic E-state index is 0.505. The summed E-state index contributed by atoms with van der Waals surface area (Å²) in [7, 11) is 0. The first kappa shape index (κ1) is 9.35. The van der Waals surface area contributed by atoms with Crippen LogP contribution in [0.1, 0.15) is 26.7 Å². The lowest BCUT2D eigenvalue weighted by atomic mass is 10.0. The van der Waals surface area contributed by atoms with E-state index in [0.717, 1.165) is 10.0 Å². The SMILES string of the molecule is CC(Nc1ccsc1Cl)C1(C)CC1. The monoisotopic (exact) mass is 215 g/mol.